The zero-order valence-corrected chi connectivity index (χ0v) is 14.0. The van der Waals surface area contributed by atoms with Crippen LogP contribution in [0.15, 0.2) is 35.5 Å². The van der Waals surface area contributed by atoms with Crippen LogP contribution in [0.25, 0.3) is 0 Å². The first-order valence-electron chi connectivity index (χ1n) is 8.17. The Bertz CT molecular complexity index is 559. The van der Waals surface area contributed by atoms with E-state index in [4.69, 9.17) is 17.0 Å². The predicted octanol–water partition coefficient (Wildman–Crippen LogP) is 3.89. The quantitative estimate of drug-likeness (QED) is 0.855. The van der Waals surface area contributed by atoms with Crippen molar-refractivity contribution in [3.63, 3.8) is 0 Å². The smallest absolute Gasteiger partial charge is 0.108 e. The molecule has 0 spiro atoms. The van der Waals surface area contributed by atoms with Crippen molar-refractivity contribution in [1.82, 2.24) is 4.90 Å². The van der Waals surface area contributed by atoms with Crippen LogP contribution in [0.1, 0.15) is 31.2 Å². The third-order valence-corrected chi connectivity index (χ3v) is 4.76. The summed E-state index contributed by atoms with van der Waals surface area (Å²) in [5, 5.41) is 3.42. The van der Waals surface area contributed by atoms with Gasteiger partial charge >= 0.3 is 0 Å². The number of morpholine rings is 1. The molecule has 0 unspecified atom stereocenters. The van der Waals surface area contributed by atoms with Crippen molar-refractivity contribution >= 4 is 22.9 Å². The highest BCUT2D eigenvalue weighted by Gasteiger charge is 2.22. The van der Waals surface area contributed by atoms with Crippen molar-refractivity contribution in [3.8, 4) is 0 Å². The van der Waals surface area contributed by atoms with Gasteiger partial charge in [0.1, 0.15) is 4.99 Å². The van der Waals surface area contributed by atoms with Gasteiger partial charge in [-0.1, -0.05) is 29.9 Å². The van der Waals surface area contributed by atoms with Gasteiger partial charge in [0, 0.05) is 30.0 Å². The molecule has 0 aromatic heterocycles. The fourth-order valence-electron chi connectivity index (χ4n) is 3.16. The molecule has 3 nitrogen and oxygen atoms in total. The first-order valence-corrected chi connectivity index (χ1v) is 8.57. The highest BCUT2D eigenvalue weighted by molar-refractivity contribution is 7.81. The second-order valence-electron chi connectivity index (χ2n) is 6.05. The van der Waals surface area contributed by atoms with Crippen molar-refractivity contribution in [2.24, 2.45) is 0 Å². The van der Waals surface area contributed by atoms with E-state index in [2.05, 4.69) is 41.4 Å². The van der Waals surface area contributed by atoms with E-state index in [1.807, 2.05) is 0 Å². The Hall–Kier alpha value is -1.39. The van der Waals surface area contributed by atoms with Gasteiger partial charge in [-0.3, -0.25) is 0 Å². The maximum absolute atomic E-state index is 5.71. The maximum Gasteiger partial charge on any atom is 0.108 e. The van der Waals surface area contributed by atoms with Crippen LogP contribution in [-0.4, -0.2) is 36.2 Å². The average molecular weight is 316 g/mol. The van der Waals surface area contributed by atoms with E-state index in [1.165, 1.54) is 29.7 Å². The average Bonchev–Trinajstić information content (AvgIpc) is 2.58. The molecular formula is C18H24N2OS. The fraction of sp³-hybridized carbons (Fsp3) is 0.500. The van der Waals surface area contributed by atoms with Crippen LogP contribution in [0.5, 0.6) is 0 Å². The normalized spacial score (nSPS) is 19.2. The Balaban J connectivity index is 1.77. The summed E-state index contributed by atoms with van der Waals surface area (Å²) in [7, 11) is 0. The molecule has 1 aromatic carbocycles. The lowest BCUT2D eigenvalue weighted by Gasteiger charge is -2.35. The summed E-state index contributed by atoms with van der Waals surface area (Å²) < 4.78 is 5.48. The topological polar surface area (TPSA) is 24.5 Å². The largest absolute Gasteiger partial charge is 0.378 e. The zero-order chi connectivity index (χ0) is 15.4. The number of allylic oxidation sites excluding steroid dienone is 1. The zero-order valence-electron chi connectivity index (χ0n) is 13.2. The van der Waals surface area contributed by atoms with Crippen molar-refractivity contribution in [2.75, 3.05) is 31.6 Å². The standard InChI is InChI=1S/C18H24N2OS/c1-14-6-8-15(9-7-14)19-18(22)16-4-2-3-5-17(16)20-10-12-21-13-11-20/h6-9H,2-5,10-13H2,1H3,(H,19,22). The number of ether oxygens (including phenoxy) is 1. The highest BCUT2D eigenvalue weighted by Crippen LogP contribution is 2.29. The highest BCUT2D eigenvalue weighted by atomic mass is 32.1. The summed E-state index contributed by atoms with van der Waals surface area (Å²) in [5.41, 5.74) is 5.13. The first kappa shape index (κ1) is 15.5. The van der Waals surface area contributed by atoms with E-state index >= 15 is 0 Å². The molecule has 4 heteroatoms. The monoisotopic (exact) mass is 316 g/mol. The number of rotatable bonds is 3. The van der Waals surface area contributed by atoms with E-state index in [-0.39, 0.29) is 0 Å². The molecule has 1 fully saturated rings. The molecule has 0 amide bonds. The molecule has 1 saturated heterocycles. The van der Waals surface area contributed by atoms with Gasteiger partial charge in [-0.25, -0.2) is 0 Å². The van der Waals surface area contributed by atoms with Gasteiger partial charge in [0.05, 0.1) is 13.2 Å². The van der Waals surface area contributed by atoms with E-state index in [9.17, 15) is 0 Å². The molecular weight excluding hydrogens is 292 g/mol. The van der Waals surface area contributed by atoms with Gasteiger partial charge in [0.25, 0.3) is 0 Å². The predicted molar refractivity (Wildman–Crippen MR) is 95.3 cm³/mol. The van der Waals surface area contributed by atoms with E-state index < -0.39 is 0 Å². The van der Waals surface area contributed by atoms with Crippen molar-refractivity contribution in [3.05, 3.63) is 41.1 Å². The summed E-state index contributed by atoms with van der Waals surface area (Å²) in [5.74, 6) is 0. The summed E-state index contributed by atoms with van der Waals surface area (Å²) in [6, 6.07) is 8.42. The molecule has 118 valence electrons. The minimum atomic E-state index is 0.828. The lowest BCUT2D eigenvalue weighted by molar-refractivity contribution is 0.0510. The molecule has 22 heavy (non-hydrogen) atoms. The summed E-state index contributed by atoms with van der Waals surface area (Å²) in [6.07, 6.45) is 4.73. The van der Waals surface area contributed by atoms with Crippen molar-refractivity contribution < 1.29 is 4.74 Å². The van der Waals surface area contributed by atoms with Gasteiger partial charge in [0.2, 0.25) is 0 Å². The number of aryl methyl sites for hydroxylation is 1. The molecule has 0 bridgehead atoms. The lowest BCUT2D eigenvalue weighted by atomic mass is 9.94. The maximum atomic E-state index is 5.71. The van der Waals surface area contributed by atoms with Crippen molar-refractivity contribution in [2.45, 2.75) is 32.6 Å². The third kappa shape index (κ3) is 3.68. The Labute approximate surface area is 138 Å². The number of benzene rings is 1. The molecule has 1 aliphatic carbocycles. The Morgan fingerprint density at radius 2 is 1.77 bits per heavy atom. The molecule has 0 atom stereocenters. The Morgan fingerprint density at radius 3 is 2.50 bits per heavy atom. The van der Waals surface area contributed by atoms with Gasteiger partial charge in [-0.2, -0.15) is 0 Å². The van der Waals surface area contributed by atoms with Gasteiger partial charge in [0.15, 0.2) is 0 Å². The minimum absolute atomic E-state index is 0.828. The van der Waals surface area contributed by atoms with Crippen molar-refractivity contribution in [1.29, 1.82) is 0 Å². The summed E-state index contributed by atoms with van der Waals surface area (Å²) in [6.45, 7) is 5.74. The van der Waals surface area contributed by atoms with Crippen LogP contribution in [0.2, 0.25) is 0 Å². The molecule has 1 heterocycles. The molecule has 2 aliphatic rings. The van der Waals surface area contributed by atoms with Gasteiger partial charge < -0.3 is 15.0 Å². The second kappa shape index (κ2) is 7.25. The van der Waals surface area contributed by atoms with Crippen LogP contribution >= 0.6 is 12.2 Å². The number of thiocarbonyl (C=S) groups is 1. The molecule has 0 radical (unpaired) electrons. The fourth-order valence-corrected chi connectivity index (χ4v) is 3.50. The molecule has 0 saturated carbocycles. The molecule has 1 N–H and O–H groups in total. The Kier molecular flexibility index (Phi) is 5.11. The summed E-state index contributed by atoms with van der Waals surface area (Å²) >= 11 is 5.71. The number of hydrogen-bond acceptors (Lipinski definition) is 3. The minimum Gasteiger partial charge on any atom is -0.378 e. The number of nitrogens with one attached hydrogen (secondary N) is 1. The van der Waals surface area contributed by atoms with Gasteiger partial charge in [-0.15, -0.1) is 0 Å². The third-order valence-electron chi connectivity index (χ3n) is 4.42. The number of hydrogen-bond donors (Lipinski definition) is 1. The van der Waals surface area contributed by atoms with E-state index in [0.717, 1.165) is 49.8 Å². The first-order chi connectivity index (χ1) is 10.7. The van der Waals surface area contributed by atoms with Crippen LogP contribution in [-0.2, 0) is 4.74 Å². The van der Waals surface area contributed by atoms with Crippen LogP contribution in [0.3, 0.4) is 0 Å². The lowest BCUT2D eigenvalue weighted by Crippen LogP contribution is -2.37. The second-order valence-corrected chi connectivity index (χ2v) is 6.46. The molecule has 1 aromatic rings. The number of anilines is 1. The molecule has 3 rings (SSSR count). The van der Waals surface area contributed by atoms with Gasteiger partial charge in [-0.05, 0) is 44.7 Å². The SMILES string of the molecule is Cc1ccc(NC(=S)C2=C(N3CCOCC3)CCCC2)cc1. The Morgan fingerprint density at radius 1 is 1.09 bits per heavy atom. The van der Waals surface area contributed by atoms with E-state index in [0.29, 0.717) is 0 Å². The van der Waals surface area contributed by atoms with E-state index in [1.54, 1.807) is 0 Å². The number of nitrogens with zero attached hydrogens (tertiary/aromatic N) is 1. The van der Waals surface area contributed by atoms with Crippen LogP contribution in [0, 0.1) is 6.92 Å². The summed E-state index contributed by atoms with van der Waals surface area (Å²) in [4.78, 5) is 3.37. The van der Waals surface area contributed by atoms with Crippen LogP contribution in [0.4, 0.5) is 5.69 Å². The van der Waals surface area contributed by atoms with Crippen LogP contribution < -0.4 is 5.32 Å². The molecule has 1 aliphatic heterocycles.